The smallest absolute Gasteiger partial charge is 0.0870 e. The molecule has 0 saturated heterocycles. The van der Waals surface area contributed by atoms with Gasteiger partial charge in [-0.3, -0.25) is 0 Å². The van der Waals surface area contributed by atoms with Gasteiger partial charge in [-0.15, -0.1) is 0 Å². The maximum atomic E-state index is 16.5. The molecule has 2 aromatic rings. The van der Waals surface area contributed by atoms with Crippen molar-refractivity contribution in [2.75, 3.05) is 0 Å². The summed E-state index contributed by atoms with van der Waals surface area (Å²) in [5, 5.41) is 4.48. The van der Waals surface area contributed by atoms with Crippen LogP contribution < -0.4 is 5.32 Å². The van der Waals surface area contributed by atoms with Crippen molar-refractivity contribution >= 4 is 34.0 Å². The number of rotatable bonds is 10. The Morgan fingerprint density at radius 1 is 1.20 bits per heavy atom. The number of amidine groups is 1. The van der Waals surface area contributed by atoms with E-state index in [9.17, 15) is 0 Å². The van der Waals surface area contributed by atoms with Gasteiger partial charge in [-0.05, 0) is 50.5 Å². The molecule has 1 N–H and O–H groups in total. The summed E-state index contributed by atoms with van der Waals surface area (Å²) in [7, 11) is 0. The standard InChI is InChI=1S/C43H52FN4.Hg/c1-12-16-33(21-26(4)5)48-31(11)46-38-24-37(44)32(23-36(38)39(48)18-14-3)25-47-40-22-28(8)34(17-13-2)29(9)41(40)42(43(47)27(6)7)35-19-15-20-45-30(35)10;/h13,15-20,22-23,37,45H,6,10,12,14,21,24-25H2,1-5,7-9,11H3;/b17-13-,33-16-,39-18?;. The van der Waals surface area contributed by atoms with E-state index in [0.29, 0.717) is 35.6 Å². The van der Waals surface area contributed by atoms with Gasteiger partial charge in [-0.1, -0.05) is 31.4 Å². The summed E-state index contributed by atoms with van der Waals surface area (Å²) in [6.07, 6.45) is 19.0. The van der Waals surface area contributed by atoms with Gasteiger partial charge in [-0.2, -0.15) is 0 Å². The van der Waals surface area contributed by atoms with Crippen molar-refractivity contribution in [1.82, 2.24) is 14.8 Å². The number of hydrogen-bond donors (Lipinski definition) is 1. The summed E-state index contributed by atoms with van der Waals surface area (Å²) < 4.78 is 19.1. The Bertz CT molecular complexity index is 1960. The molecule has 0 amide bonds. The van der Waals surface area contributed by atoms with E-state index < -0.39 is 6.17 Å². The summed E-state index contributed by atoms with van der Waals surface area (Å²) in [6.45, 7) is 28.9. The number of hydrogen-bond acceptors (Lipinski definition) is 3. The van der Waals surface area contributed by atoms with E-state index in [4.69, 9.17) is 4.99 Å². The van der Waals surface area contributed by atoms with E-state index in [1.165, 1.54) is 22.4 Å². The summed E-state index contributed by atoms with van der Waals surface area (Å²) in [5.41, 5.74) is 14.7. The average molecular weight is 845 g/mol. The molecular weight excluding hydrogens is 792 g/mol. The first-order valence-electron chi connectivity index (χ1n) is 17.7. The molecule has 6 heteroatoms. The van der Waals surface area contributed by atoms with Gasteiger partial charge in [0.2, 0.25) is 0 Å². The van der Waals surface area contributed by atoms with E-state index in [2.05, 4.69) is 133 Å². The van der Waals surface area contributed by atoms with E-state index in [1.807, 2.05) is 12.3 Å². The summed E-state index contributed by atoms with van der Waals surface area (Å²) in [6, 6.07) is 2.27. The fourth-order valence-corrected chi connectivity index (χ4v) is 8.56. The third-order valence-corrected chi connectivity index (χ3v) is 10.5. The Labute approximate surface area is 310 Å². The van der Waals surface area contributed by atoms with Gasteiger partial charge in [0.25, 0.3) is 0 Å². The van der Waals surface area contributed by atoms with Crippen LogP contribution in [-0.2, 0) is 32.7 Å². The molecule has 0 spiro atoms. The normalized spacial score (nSPS) is 19.5. The summed E-state index contributed by atoms with van der Waals surface area (Å²) in [5.74, 6) is 0.928. The van der Waals surface area contributed by atoms with Gasteiger partial charge in [-0.25, -0.2) is 0 Å². The van der Waals surface area contributed by atoms with Gasteiger partial charge in [0.05, 0.1) is 0 Å². The minimum Gasteiger partial charge on any atom is -0.0870 e. The number of benzene rings is 1. The molecule has 5 rings (SSSR count). The van der Waals surface area contributed by atoms with Crippen LogP contribution in [0.3, 0.4) is 0 Å². The van der Waals surface area contributed by atoms with E-state index >= 15 is 4.39 Å². The van der Waals surface area contributed by atoms with Crippen molar-refractivity contribution in [1.29, 1.82) is 0 Å². The van der Waals surface area contributed by atoms with Gasteiger partial charge in [0.15, 0.2) is 0 Å². The van der Waals surface area contributed by atoms with E-state index in [0.717, 1.165) is 86.6 Å². The van der Waals surface area contributed by atoms with Crippen LogP contribution in [0.2, 0.25) is 2.92 Å². The van der Waals surface area contributed by atoms with Crippen molar-refractivity contribution in [3.8, 4) is 0 Å². The molecule has 1 aliphatic carbocycles. The van der Waals surface area contributed by atoms with E-state index in [1.54, 1.807) is 0 Å². The van der Waals surface area contributed by atoms with Crippen LogP contribution in [0, 0.1) is 13.8 Å². The number of allylic oxidation sites excluding steroid dienone is 11. The molecule has 1 aromatic heterocycles. The second kappa shape index (κ2) is 14.8. The number of nitrogens with zero attached hydrogens (tertiary/aromatic N) is 3. The SMILES string of the molecule is C=C1NC=CC=C1c1c(C(=C)C)n(CC2=CC3=C(CC2F)N=C(C)N(/C(=C\CC)C[C](C)(C)[Hg])C3=CCC)c2cc(C)c(/C=C\C)c(C)c12. The monoisotopic (exact) mass is 845 g/mol. The van der Waals surface area contributed by atoms with Crippen LogP contribution >= 0.6 is 0 Å². The number of fused-ring (bicyclic) bond motifs is 1. The van der Waals surface area contributed by atoms with Gasteiger partial charge in [0.1, 0.15) is 0 Å². The second-order valence-corrected chi connectivity index (χ2v) is 21.9. The summed E-state index contributed by atoms with van der Waals surface area (Å²) in [4.78, 5) is 7.43. The topological polar surface area (TPSA) is 32.6 Å². The molecule has 3 heterocycles. The zero-order valence-corrected chi connectivity index (χ0v) is 36.6. The third-order valence-electron chi connectivity index (χ3n) is 9.49. The number of halogens is 1. The molecule has 0 radical (unpaired) electrons. The molecule has 253 valence electrons. The predicted molar refractivity (Wildman–Crippen MR) is 205 cm³/mol. The van der Waals surface area contributed by atoms with Crippen molar-refractivity contribution in [3.63, 3.8) is 0 Å². The predicted octanol–water partition coefficient (Wildman–Crippen LogP) is 11.7. The fourth-order valence-electron chi connectivity index (χ4n) is 7.57. The fraction of sp³-hybridized carbons (Fsp3) is 0.372. The average Bonchev–Trinajstić information content (AvgIpc) is 3.33. The van der Waals surface area contributed by atoms with Gasteiger partial charge < -0.3 is 5.32 Å². The van der Waals surface area contributed by atoms with Crippen molar-refractivity contribution in [3.05, 3.63) is 124 Å². The zero-order valence-electron chi connectivity index (χ0n) is 31.1. The molecule has 4 nitrogen and oxygen atoms in total. The zero-order chi connectivity index (χ0) is 35.8. The number of nitrogens with one attached hydrogen (secondary N) is 1. The maximum absolute atomic E-state index is 16.5. The van der Waals surface area contributed by atoms with Gasteiger partial charge in [0, 0.05) is 17.5 Å². The Morgan fingerprint density at radius 3 is 2.55 bits per heavy atom. The van der Waals surface area contributed by atoms with Crippen LogP contribution in [0.25, 0.3) is 28.1 Å². The number of dihydropyridines is 1. The van der Waals surface area contributed by atoms with Crippen molar-refractivity contribution < 1.29 is 30.5 Å². The minimum atomic E-state index is -1.14. The quantitative estimate of drug-likeness (QED) is 0.242. The molecule has 0 saturated carbocycles. The van der Waals surface area contributed by atoms with Crippen molar-refractivity contribution in [2.45, 2.75) is 104 Å². The molecule has 0 bridgehead atoms. The first kappa shape index (κ1) is 36.8. The molecule has 1 aromatic carbocycles. The summed E-state index contributed by atoms with van der Waals surface area (Å²) >= 11 is 0.609. The minimum absolute atomic E-state index is 0.268. The first-order chi connectivity index (χ1) is 23.2. The van der Waals surface area contributed by atoms with Gasteiger partial charge >= 0.3 is 207 Å². The Hall–Kier alpha value is -3.44. The Kier molecular flexibility index (Phi) is 11.1. The number of aromatic nitrogens is 1. The van der Waals surface area contributed by atoms with E-state index in [-0.39, 0.29) is 6.42 Å². The van der Waals surface area contributed by atoms with Crippen molar-refractivity contribution in [2.24, 2.45) is 4.99 Å². The van der Waals surface area contributed by atoms with Crippen LogP contribution in [0.5, 0.6) is 0 Å². The molecule has 2 aliphatic heterocycles. The molecule has 0 fully saturated rings. The molecule has 1 unspecified atom stereocenters. The van der Waals surface area contributed by atoms with Crippen LogP contribution in [0.1, 0.15) is 102 Å². The second-order valence-electron chi connectivity index (χ2n) is 14.5. The molecule has 3 aliphatic rings. The number of aryl methyl sites for hydroxylation is 2. The Morgan fingerprint density at radius 2 is 1.94 bits per heavy atom. The van der Waals surface area contributed by atoms with Crippen LogP contribution in [0.4, 0.5) is 4.39 Å². The Balaban J connectivity index is 1.74. The molecular formula is C43H52FHgN4. The van der Waals surface area contributed by atoms with Crippen LogP contribution in [-0.4, -0.2) is 21.5 Å². The van der Waals surface area contributed by atoms with Crippen LogP contribution in [0.15, 0.2) is 101 Å². The number of aliphatic imine (C=N–C) groups is 1. The molecule has 49 heavy (non-hydrogen) atoms. The third kappa shape index (κ3) is 7.24. The first-order valence-corrected chi connectivity index (χ1v) is 20.4. The number of alkyl halides is 1. The molecule has 1 atom stereocenters.